The van der Waals surface area contributed by atoms with E-state index in [2.05, 4.69) is 5.32 Å². The normalized spacial score (nSPS) is 23.7. The van der Waals surface area contributed by atoms with Crippen LogP contribution in [0, 0.1) is 0 Å². The van der Waals surface area contributed by atoms with Crippen molar-refractivity contribution in [3.05, 3.63) is 0 Å². The molecule has 0 spiro atoms. The average Bonchev–Trinajstić information content (AvgIpc) is 2.47. The Kier molecular flexibility index (Phi) is 5.08. The minimum atomic E-state index is -0.760. The fourth-order valence-electron chi connectivity index (χ4n) is 3.36. The lowest BCUT2D eigenvalue weighted by Gasteiger charge is -2.41. The lowest BCUT2D eigenvalue weighted by Crippen LogP contribution is -2.58. The first kappa shape index (κ1) is 16.1. The highest BCUT2D eigenvalue weighted by atomic mass is 16.2. The van der Waals surface area contributed by atoms with Crippen LogP contribution < -0.4 is 11.1 Å². The number of hydrogen-bond donors (Lipinski definition) is 2. The van der Waals surface area contributed by atoms with Crippen LogP contribution in [0.2, 0.25) is 0 Å². The van der Waals surface area contributed by atoms with E-state index in [9.17, 15) is 9.59 Å². The second kappa shape index (κ2) is 6.64. The van der Waals surface area contributed by atoms with Crippen molar-refractivity contribution >= 4 is 11.9 Å². The van der Waals surface area contributed by atoms with Gasteiger partial charge in [0.15, 0.2) is 0 Å². The van der Waals surface area contributed by atoms with Crippen molar-refractivity contribution in [2.45, 2.75) is 57.5 Å². The minimum absolute atomic E-state index is 0.0423. The number of hydrogen-bond acceptors (Lipinski definition) is 3. The Morgan fingerprint density at radius 1 is 1.38 bits per heavy atom. The fraction of sp³-hybridized carbons (Fsp3) is 0.867. The Morgan fingerprint density at radius 2 is 2.05 bits per heavy atom. The largest absolute Gasteiger partial charge is 0.341 e. The van der Waals surface area contributed by atoms with Gasteiger partial charge in [-0.05, 0) is 32.6 Å². The molecule has 120 valence electrons. The summed E-state index contributed by atoms with van der Waals surface area (Å²) < 4.78 is 0. The van der Waals surface area contributed by atoms with Crippen molar-refractivity contribution in [1.82, 2.24) is 15.1 Å². The third-order valence-electron chi connectivity index (χ3n) is 4.56. The number of rotatable bonds is 4. The Balaban J connectivity index is 1.88. The summed E-state index contributed by atoms with van der Waals surface area (Å²) in [6.45, 7) is 6.86. The van der Waals surface area contributed by atoms with Crippen LogP contribution in [0.3, 0.4) is 0 Å². The molecule has 0 aromatic heterocycles. The molecule has 0 bridgehead atoms. The molecule has 2 heterocycles. The zero-order valence-corrected chi connectivity index (χ0v) is 13.2. The molecule has 1 atom stereocenters. The first-order valence-corrected chi connectivity index (χ1v) is 8.08. The number of likely N-dealkylation sites (tertiary alicyclic amines) is 1. The van der Waals surface area contributed by atoms with Crippen molar-refractivity contribution < 1.29 is 9.59 Å². The van der Waals surface area contributed by atoms with Crippen LogP contribution in [-0.4, -0.2) is 59.5 Å². The number of carbonyl (C=O) groups is 2. The van der Waals surface area contributed by atoms with Crippen molar-refractivity contribution in [3.63, 3.8) is 0 Å². The van der Waals surface area contributed by atoms with Crippen molar-refractivity contribution in [2.24, 2.45) is 5.73 Å². The monoisotopic (exact) mass is 296 g/mol. The predicted octanol–water partition coefficient (Wildman–Crippen LogP) is 0.910. The maximum absolute atomic E-state index is 12.5. The van der Waals surface area contributed by atoms with Crippen LogP contribution in [0.4, 0.5) is 4.79 Å². The average molecular weight is 296 g/mol. The van der Waals surface area contributed by atoms with E-state index in [0.29, 0.717) is 19.5 Å². The Hall–Kier alpha value is -1.30. The van der Waals surface area contributed by atoms with Crippen LogP contribution in [-0.2, 0) is 4.79 Å². The smallest absolute Gasteiger partial charge is 0.317 e. The molecule has 0 radical (unpaired) electrons. The second-order valence-electron chi connectivity index (χ2n) is 6.47. The predicted molar refractivity (Wildman–Crippen MR) is 81.8 cm³/mol. The van der Waals surface area contributed by atoms with Gasteiger partial charge < -0.3 is 20.9 Å². The van der Waals surface area contributed by atoms with Crippen LogP contribution >= 0.6 is 0 Å². The Labute approximate surface area is 127 Å². The maximum Gasteiger partial charge on any atom is 0.317 e. The standard InChI is InChI=1S/C15H28N4O2/c1-3-7-15(2,16)13(20)18-10-5-12(6-11-18)19-9-4-8-17-14(19)21/h12H,3-11,16H2,1-2H3,(H,17,21). The van der Waals surface area contributed by atoms with Gasteiger partial charge in [-0.1, -0.05) is 13.3 Å². The van der Waals surface area contributed by atoms with Gasteiger partial charge >= 0.3 is 6.03 Å². The number of carbonyl (C=O) groups excluding carboxylic acids is 2. The zero-order valence-electron chi connectivity index (χ0n) is 13.2. The lowest BCUT2D eigenvalue weighted by atomic mass is 9.93. The number of nitrogens with zero attached hydrogens (tertiary/aromatic N) is 2. The van der Waals surface area contributed by atoms with Gasteiger partial charge in [-0.3, -0.25) is 4.79 Å². The van der Waals surface area contributed by atoms with E-state index in [0.717, 1.165) is 38.8 Å². The summed E-state index contributed by atoms with van der Waals surface area (Å²) in [6.07, 6.45) is 4.31. The number of nitrogens with two attached hydrogens (primary N) is 1. The second-order valence-corrected chi connectivity index (χ2v) is 6.47. The molecule has 21 heavy (non-hydrogen) atoms. The van der Waals surface area contributed by atoms with E-state index in [1.807, 2.05) is 23.6 Å². The molecular weight excluding hydrogens is 268 g/mol. The van der Waals surface area contributed by atoms with Crippen LogP contribution in [0.15, 0.2) is 0 Å². The van der Waals surface area contributed by atoms with Gasteiger partial charge in [0.05, 0.1) is 5.54 Å². The summed E-state index contributed by atoms with van der Waals surface area (Å²) in [6, 6.07) is 0.297. The summed E-state index contributed by atoms with van der Waals surface area (Å²) in [5, 5.41) is 2.89. The van der Waals surface area contributed by atoms with Gasteiger partial charge in [0, 0.05) is 32.2 Å². The minimum Gasteiger partial charge on any atom is -0.341 e. The van der Waals surface area contributed by atoms with Crippen molar-refractivity contribution in [1.29, 1.82) is 0 Å². The molecule has 2 saturated heterocycles. The van der Waals surface area contributed by atoms with Crippen LogP contribution in [0.5, 0.6) is 0 Å². The van der Waals surface area contributed by atoms with Crippen molar-refractivity contribution in [3.8, 4) is 0 Å². The lowest BCUT2D eigenvalue weighted by molar-refractivity contribution is -0.138. The number of piperidine rings is 1. The van der Waals surface area contributed by atoms with E-state index >= 15 is 0 Å². The summed E-state index contributed by atoms with van der Waals surface area (Å²) >= 11 is 0. The fourth-order valence-corrected chi connectivity index (χ4v) is 3.36. The molecule has 0 aromatic carbocycles. The van der Waals surface area contributed by atoms with Gasteiger partial charge in [-0.25, -0.2) is 4.79 Å². The third kappa shape index (κ3) is 3.67. The highest BCUT2D eigenvalue weighted by Gasteiger charge is 2.36. The summed E-state index contributed by atoms with van der Waals surface area (Å²) in [7, 11) is 0. The van der Waals surface area contributed by atoms with E-state index in [1.54, 1.807) is 0 Å². The molecule has 2 fully saturated rings. The van der Waals surface area contributed by atoms with Gasteiger partial charge in [0.1, 0.15) is 0 Å². The summed E-state index contributed by atoms with van der Waals surface area (Å²) in [4.78, 5) is 28.1. The maximum atomic E-state index is 12.5. The summed E-state index contributed by atoms with van der Waals surface area (Å²) in [5.74, 6) is 0.0471. The third-order valence-corrected chi connectivity index (χ3v) is 4.56. The van der Waals surface area contributed by atoms with Gasteiger partial charge in [-0.15, -0.1) is 0 Å². The van der Waals surface area contributed by atoms with E-state index in [4.69, 9.17) is 5.73 Å². The first-order valence-electron chi connectivity index (χ1n) is 8.08. The van der Waals surface area contributed by atoms with Crippen LogP contribution in [0.1, 0.15) is 46.0 Å². The van der Waals surface area contributed by atoms with E-state index in [1.165, 1.54) is 0 Å². The Bertz CT molecular complexity index is 389. The number of nitrogens with one attached hydrogen (secondary N) is 1. The van der Waals surface area contributed by atoms with E-state index in [-0.39, 0.29) is 18.0 Å². The molecule has 6 nitrogen and oxygen atoms in total. The van der Waals surface area contributed by atoms with Crippen molar-refractivity contribution in [2.75, 3.05) is 26.2 Å². The highest BCUT2D eigenvalue weighted by Crippen LogP contribution is 2.21. The van der Waals surface area contributed by atoms with Gasteiger partial charge in [0.2, 0.25) is 5.91 Å². The Morgan fingerprint density at radius 3 is 2.62 bits per heavy atom. The molecule has 6 heteroatoms. The molecule has 3 N–H and O–H groups in total. The molecule has 3 amide bonds. The van der Waals surface area contributed by atoms with Gasteiger partial charge in [0.25, 0.3) is 0 Å². The molecule has 0 aromatic rings. The van der Waals surface area contributed by atoms with E-state index < -0.39 is 5.54 Å². The van der Waals surface area contributed by atoms with Gasteiger partial charge in [-0.2, -0.15) is 0 Å². The molecule has 2 aliphatic rings. The molecular formula is C15H28N4O2. The first-order chi connectivity index (χ1) is 9.95. The molecule has 0 aliphatic carbocycles. The molecule has 2 rings (SSSR count). The number of amides is 3. The van der Waals surface area contributed by atoms with Crippen LogP contribution in [0.25, 0.3) is 0 Å². The number of urea groups is 1. The molecule has 2 aliphatic heterocycles. The SMILES string of the molecule is CCCC(C)(N)C(=O)N1CCC(N2CCCNC2=O)CC1. The molecule has 0 saturated carbocycles. The topological polar surface area (TPSA) is 78.7 Å². The summed E-state index contributed by atoms with van der Waals surface area (Å²) in [5.41, 5.74) is 5.38. The molecule has 1 unspecified atom stereocenters. The quantitative estimate of drug-likeness (QED) is 0.809. The zero-order chi connectivity index (χ0) is 15.5. The highest BCUT2D eigenvalue weighted by molar-refractivity contribution is 5.85.